The number of aromatic nitrogens is 2. The molecule has 2 aromatic carbocycles. The number of ether oxygens (including phenoxy) is 2. The minimum atomic E-state index is -0.973. The molecule has 2 heterocycles. The molecule has 9 nitrogen and oxygen atoms in total. The molecule has 1 saturated heterocycles. The second-order valence-electron chi connectivity index (χ2n) is 8.52. The first kappa shape index (κ1) is 25.0. The number of nitrogens with one attached hydrogen (secondary N) is 1. The molecule has 0 spiro atoms. The fourth-order valence-electron chi connectivity index (χ4n) is 4.09. The highest BCUT2D eigenvalue weighted by Gasteiger charge is 2.24. The zero-order valence-corrected chi connectivity index (χ0v) is 20.2. The van der Waals surface area contributed by atoms with Gasteiger partial charge in [0, 0.05) is 13.0 Å². The van der Waals surface area contributed by atoms with E-state index >= 15 is 0 Å². The largest absolute Gasteiger partial charge is 0.490 e. The first-order chi connectivity index (χ1) is 17.5. The van der Waals surface area contributed by atoms with E-state index in [2.05, 4.69) is 20.2 Å². The van der Waals surface area contributed by atoms with Crippen LogP contribution in [-0.2, 0) is 11.2 Å². The van der Waals surface area contributed by atoms with Gasteiger partial charge in [-0.3, -0.25) is 9.78 Å². The average molecular weight is 491 g/mol. The van der Waals surface area contributed by atoms with E-state index in [1.165, 1.54) is 18.3 Å². The number of carbonyl (C=O) groups excluding carboxylic acids is 1. The number of carboxylic acid groups (broad SMARTS) is 1. The topological polar surface area (TPSA) is 114 Å². The van der Waals surface area contributed by atoms with Crippen molar-refractivity contribution in [1.29, 1.82) is 0 Å². The molecule has 36 heavy (non-hydrogen) atoms. The van der Waals surface area contributed by atoms with Crippen molar-refractivity contribution in [2.45, 2.75) is 38.7 Å². The molecule has 1 atom stereocenters. The van der Waals surface area contributed by atoms with Gasteiger partial charge in [0.1, 0.15) is 11.9 Å². The molecule has 9 heteroatoms. The summed E-state index contributed by atoms with van der Waals surface area (Å²) in [6.07, 6.45) is 5.81. The number of piperidine rings is 1. The van der Waals surface area contributed by atoms with Crippen molar-refractivity contribution >= 4 is 23.5 Å². The molecule has 1 amide bonds. The van der Waals surface area contributed by atoms with E-state index in [0.717, 1.165) is 36.4 Å². The van der Waals surface area contributed by atoms with Crippen LogP contribution in [0.3, 0.4) is 0 Å². The van der Waals surface area contributed by atoms with Gasteiger partial charge in [-0.15, -0.1) is 0 Å². The molecule has 188 valence electrons. The average Bonchev–Trinajstić information content (AvgIpc) is 2.89. The van der Waals surface area contributed by atoms with Crippen molar-refractivity contribution in [2.75, 3.05) is 29.9 Å². The Bertz CT molecular complexity index is 1180. The Hall–Kier alpha value is -4.14. The summed E-state index contributed by atoms with van der Waals surface area (Å²) in [6.45, 7) is 3.99. The molecule has 1 aliphatic heterocycles. The Morgan fingerprint density at radius 1 is 1.11 bits per heavy atom. The van der Waals surface area contributed by atoms with Crippen LogP contribution in [0, 0.1) is 0 Å². The molecule has 1 aromatic heterocycles. The molecule has 4 rings (SSSR count). The Morgan fingerprint density at radius 2 is 1.89 bits per heavy atom. The van der Waals surface area contributed by atoms with Gasteiger partial charge in [0.2, 0.25) is 5.91 Å². The van der Waals surface area contributed by atoms with Crippen molar-refractivity contribution in [2.24, 2.45) is 0 Å². The number of carboxylic acids is 1. The number of nitrogens with zero attached hydrogens (tertiary/aromatic N) is 3. The number of hydrogen-bond acceptors (Lipinski definition) is 7. The maximum absolute atomic E-state index is 12.5. The monoisotopic (exact) mass is 490 g/mol. The van der Waals surface area contributed by atoms with E-state index in [9.17, 15) is 9.59 Å². The molecule has 0 unspecified atom stereocenters. The van der Waals surface area contributed by atoms with Crippen LogP contribution in [0.1, 0.15) is 42.1 Å². The van der Waals surface area contributed by atoms with Crippen molar-refractivity contribution in [3.05, 3.63) is 72.1 Å². The van der Waals surface area contributed by atoms with E-state index in [0.29, 0.717) is 31.2 Å². The van der Waals surface area contributed by atoms with E-state index in [-0.39, 0.29) is 24.0 Å². The van der Waals surface area contributed by atoms with Crippen LogP contribution >= 0.6 is 0 Å². The Labute approximate surface area is 210 Å². The number of rotatable bonds is 10. The van der Waals surface area contributed by atoms with Crippen LogP contribution in [0.2, 0.25) is 0 Å². The van der Waals surface area contributed by atoms with Crippen LogP contribution in [0.4, 0.5) is 11.6 Å². The lowest BCUT2D eigenvalue weighted by molar-refractivity contribution is -0.116. The molecule has 0 bridgehead atoms. The standard InChI is InChI=1S/C27H30N4O5/c1-2-35-22-7-3-4-8-23(22)36-21-6-5-15-31(18-21)25-17-28-16-24(29-25)30-26(32)14-11-19-9-12-20(13-10-19)27(33)34/h3-4,7-10,12-13,16-17,21H,2,5-6,11,14-15,18H2,1H3,(H,33,34)(H,29,30,32)/t21-/m1/s1. The minimum absolute atomic E-state index is 0.0204. The van der Waals surface area contributed by atoms with Crippen molar-refractivity contribution in [1.82, 2.24) is 9.97 Å². The van der Waals surface area contributed by atoms with Gasteiger partial charge in [-0.1, -0.05) is 24.3 Å². The van der Waals surface area contributed by atoms with Gasteiger partial charge in [-0.2, -0.15) is 0 Å². The summed E-state index contributed by atoms with van der Waals surface area (Å²) in [4.78, 5) is 34.4. The molecule has 2 N–H and O–H groups in total. The number of para-hydroxylation sites is 2. The number of hydrogen-bond donors (Lipinski definition) is 2. The molecule has 1 aliphatic rings. The van der Waals surface area contributed by atoms with E-state index in [1.807, 2.05) is 31.2 Å². The Kier molecular flexibility index (Phi) is 8.33. The van der Waals surface area contributed by atoms with Crippen LogP contribution in [0.25, 0.3) is 0 Å². The second-order valence-corrected chi connectivity index (χ2v) is 8.52. The molecule has 3 aromatic rings. The van der Waals surface area contributed by atoms with Gasteiger partial charge >= 0.3 is 5.97 Å². The summed E-state index contributed by atoms with van der Waals surface area (Å²) in [5, 5.41) is 11.8. The smallest absolute Gasteiger partial charge is 0.335 e. The molecule has 0 radical (unpaired) electrons. The number of anilines is 2. The zero-order chi connectivity index (χ0) is 25.3. The van der Waals surface area contributed by atoms with Crippen LogP contribution in [-0.4, -0.2) is 52.8 Å². The predicted octanol–water partition coefficient (Wildman–Crippen LogP) is 4.19. The number of carbonyl (C=O) groups is 2. The quantitative estimate of drug-likeness (QED) is 0.435. The number of aryl methyl sites for hydroxylation is 1. The van der Waals surface area contributed by atoms with Gasteiger partial charge in [0.05, 0.1) is 31.1 Å². The van der Waals surface area contributed by atoms with E-state index in [1.54, 1.807) is 18.3 Å². The number of amides is 1. The van der Waals surface area contributed by atoms with Crippen molar-refractivity contribution in [3.63, 3.8) is 0 Å². The lowest BCUT2D eigenvalue weighted by Crippen LogP contribution is -2.41. The summed E-state index contributed by atoms with van der Waals surface area (Å²) < 4.78 is 11.9. The molecule has 1 fully saturated rings. The van der Waals surface area contributed by atoms with Crippen LogP contribution < -0.4 is 19.7 Å². The molecular weight excluding hydrogens is 460 g/mol. The first-order valence-electron chi connectivity index (χ1n) is 12.1. The van der Waals surface area contributed by atoms with Gasteiger partial charge in [0.25, 0.3) is 0 Å². The highest BCUT2D eigenvalue weighted by molar-refractivity contribution is 5.90. The number of benzene rings is 2. The van der Waals surface area contributed by atoms with Crippen molar-refractivity contribution < 1.29 is 24.2 Å². The number of aromatic carboxylic acids is 1. The Morgan fingerprint density at radius 3 is 2.64 bits per heavy atom. The zero-order valence-electron chi connectivity index (χ0n) is 20.2. The van der Waals surface area contributed by atoms with Crippen LogP contribution in [0.5, 0.6) is 11.5 Å². The fraction of sp³-hybridized carbons (Fsp3) is 0.333. The van der Waals surface area contributed by atoms with Gasteiger partial charge in [-0.05, 0) is 56.0 Å². The third kappa shape index (κ3) is 6.71. The van der Waals surface area contributed by atoms with Gasteiger partial charge < -0.3 is 24.8 Å². The molecule has 0 aliphatic carbocycles. The lowest BCUT2D eigenvalue weighted by atomic mass is 10.1. The Balaban J connectivity index is 1.33. The third-order valence-electron chi connectivity index (χ3n) is 5.88. The third-order valence-corrected chi connectivity index (χ3v) is 5.88. The summed E-state index contributed by atoms with van der Waals surface area (Å²) in [6, 6.07) is 14.2. The van der Waals surface area contributed by atoms with Gasteiger partial charge in [0.15, 0.2) is 17.3 Å². The predicted molar refractivity (Wildman–Crippen MR) is 136 cm³/mol. The first-order valence-corrected chi connectivity index (χ1v) is 12.1. The highest BCUT2D eigenvalue weighted by Crippen LogP contribution is 2.30. The van der Waals surface area contributed by atoms with Crippen LogP contribution in [0.15, 0.2) is 60.9 Å². The van der Waals surface area contributed by atoms with E-state index < -0.39 is 5.97 Å². The minimum Gasteiger partial charge on any atom is -0.490 e. The summed E-state index contributed by atoms with van der Waals surface area (Å²) >= 11 is 0. The SMILES string of the molecule is CCOc1ccccc1O[C@@H]1CCCN(c2cncc(NC(=O)CCc3ccc(C(=O)O)cc3)n2)C1. The maximum atomic E-state index is 12.5. The summed E-state index contributed by atoms with van der Waals surface area (Å²) in [5.41, 5.74) is 1.11. The second kappa shape index (κ2) is 12.0. The normalized spacial score (nSPS) is 15.2. The summed E-state index contributed by atoms with van der Waals surface area (Å²) in [5.74, 6) is 1.39. The fourth-order valence-corrected chi connectivity index (χ4v) is 4.09. The maximum Gasteiger partial charge on any atom is 0.335 e. The lowest BCUT2D eigenvalue weighted by Gasteiger charge is -2.33. The summed E-state index contributed by atoms with van der Waals surface area (Å²) in [7, 11) is 0. The van der Waals surface area contributed by atoms with Crippen molar-refractivity contribution in [3.8, 4) is 11.5 Å². The highest BCUT2D eigenvalue weighted by atomic mass is 16.5. The van der Waals surface area contributed by atoms with E-state index in [4.69, 9.17) is 14.6 Å². The molecular formula is C27H30N4O5. The van der Waals surface area contributed by atoms with Gasteiger partial charge in [-0.25, -0.2) is 9.78 Å². The molecule has 0 saturated carbocycles.